The van der Waals surface area contributed by atoms with Crippen LogP contribution in [0.1, 0.15) is 16.2 Å². The third-order valence-corrected chi connectivity index (χ3v) is 3.99. The summed E-state index contributed by atoms with van der Waals surface area (Å²) in [6.45, 7) is 0. The molecule has 6 heteroatoms. The minimum absolute atomic E-state index is 0.351. The van der Waals surface area contributed by atoms with Gasteiger partial charge in [0.1, 0.15) is 16.4 Å². The maximum absolute atomic E-state index is 14.1. The number of furan rings is 1. The summed E-state index contributed by atoms with van der Waals surface area (Å²) in [5.41, 5.74) is 0.416. The first-order chi connectivity index (χ1) is 9.06. The van der Waals surface area contributed by atoms with E-state index < -0.39 is 10.6 Å². The van der Waals surface area contributed by atoms with E-state index in [9.17, 15) is 4.39 Å². The van der Waals surface area contributed by atoms with Crippen LogP contribution in [0.2, 0.25) is 0 Å². The largest absolute Gasteiger partial charge is 0.493 e. The standard InChI is InChI=1S/C13H11Br2FO3/c1-17-10-5-7(8(16)6-11(10)18-2)13(15)9-3-4-12(14)19-9/h3-6,13H,1-2H3. The van der Waals surface area contributed by atoms with Crippen LogP contribution < -0.4 is 9.47 Å². The first-order valence-corrected chi connectivity index (χ1v) is 7.08. The highest BCUT2D eigenvalue weighted by molar-refractivity contribution is 9.10. The molecule has 1 unspecified atom stereocenters. The quantitative estimate of drug-likeness (QED) is 0.706. The van der Waals surface area contributed by atoms with Crippen molar-refractivity contribution in [1.29, 1.82) is 0 Å². The van der Waals surface area contributed by atoms with Gasteiger partial charge in [-0.3, -0.25) is 0 Å². The van der Waals surface area contributed by atoms with Gasteiger partial charge >= 0.3 is 0 Å². The van der Waals surface area contributed by atoms with Crippen molar-refractivity contribution in [2.45, 2.75) is 4.83 Å². The number of hydrogen-bond donors (Lipinski definition) is 0. The van der Waals surface area contributed by atoms with Crippen LogP contribution in [0.25, 0.3) is 0 Å². The van der Waals surface area contributed by atoms with Gasteiger partial charge in [0, 0.05) is 11.6 Å². The summed E-state index contributed by atoms with van der Waals surface area (Å²) in [6.07, 6.45) is 0. The van der Waals surface area contributed by atoms with Crippen molar-refractivity contribution in [2.75, 3.05) is 14.2 Å². The summed E-state index contributed by atoms with van der Waals surface area (Å²) in [5.74, 6) is 1.02. The Balaban J connectivity index is 2.44. The van der Waals surface area contributed by atoms with E-state index in [0.717, 1.165) is 0 Å². The van der Waals surface area contributed by atoms with Crippen molar-refractivity contribution < 1.29 is 18.3 Å². The summed E-state index contributed by atoms with van der Waals surface area (Å²) in [4.78, 5) is -0.404. The van der Waals surface area contributed by atoms with E-state index in [1.165, 1.54) is 20.3 Å². The van der Waals surface area contributed by atoms with E-state index in [-0.39, 0.29) is 0 Å². The zero-order chi connectivity index (χ0) is 14.0. The van der Waals surface area contributed by atoms with Gasteiger partial charge in [-0.1, -0.05) is 15.9 Å². The number of rotatable bonds is 4. The highest BCUT2D eigenvalue weighted by Gasteiger charge is 2.21. The molecule has 1 atom stereocenters. The normalized spacial score (nSPS) is 12.3. The van der Waals surface area contributed by atoms with Crippen LogP contribution in [0.15, 0.2) is 33.4 Å². The molecule has 0 spiro atoms. The van der Waals surface area contributed by atoms with Crippen molar-refractivity contribution >= 4 is 31.9 Å². The van der Waals surface area contributed by atoms with Gasteiger partial charge in [-0.15, -0.1) is 0 Å². The minimum Gasteiger partial charge on any atom is -0.493 e. The van der Waals surface area contributed by atoms with Crippen LogP contribution in [0.5, 0.6) is 11.5 Å². The van der Waals surface area contributed by atoms with Crippen molar-refractivity contribution in [2.24, 2.45) is 0 Å². The third kappa shape index (κ3) is 2.95. The van der Waals surface area contributed by atoms with Gasteiger partial charge < -0.3 is 13.9 Å². The van der Waals surface area contributed by atoms with Gasteiger partial charge in [0.25, 0.3) is 0 Å². The molecule has 0 saturated carbocycles. The Morgan fingerprint density at radius 2 is 1.79 bits per heavy atom. The highest BCUT2D eigenvalue weighted by atomic mass is 79.9. The lowest BCUT2D eigenvalue weighted by atomic mass is 10.1. The molecule has 1 aromatic heterocycles. The molecule has 19 heavy (non-hydrogen) atoms. The van der Waals surface area contributed by atoms with Crippen LogP contribution in [-0.4, -0.2) is 14.2 Å². The lowest BCUT2D eigenvalue weighted by Gasteiger charge is -2.13. The average Bonchev–Trinajstić information content (AvgIpc) is 2.84. The zero-order valence-electron chi connectivity index (χ0n) is 10.2. The van der Waals surface area contributed by atoms with E-state index >= 15 is 0 Å². The second-order valence-corrected chi connectivity index (χ2v) is 5.43. The monoisotopic (exact) mass is 392 g/mol. The Hall–Kier alpha value is -1.01. The van der Waals surface area contributed by atoms with Gasteiger partial charge in [0.15, 0.2) is 16.2 Å². The predicted octanol–water partition coefficient (Wildman–Crippen LogP) is 4.68. The minimum atomic E-state index is -0.404. The maximum Gasteiger partial charge on any atom is 0.169 e. The van der Waals surface area contributed by atoms with Crippen LogP contribution in [-0.2, 0) is 0 Å². The number of methoxy groups -OCH3 is 2. The number of hydrogen-bond acceptors (Lipinski definition) is 3. The number of alkyl halides is 1. The van der Waals surface area contributed by atoms with Gasteiger partial charge in [0.05, 0.1) is 14.2 Å². The van der Waals surface area contributed by atoms with E-state index in [1.807, 2.05) is 0 Å². The molecule has 3 nitrogen and oxygen atoms in total. The van der Waals surface area contributed by atoms with Crippen molar-refractivity contribution in [1.82, 2.24) is 0 Å². The fraction of sp³-hybridized carbons (Fsp3) is 0.231. The maximum atomic E-state index is 14.1. The SMILES string of the molecule is COc1cc(F)c(C(Br)c2ccc(Br)o2)cc1OC. The first-order valence-electron chi connectivity index (χ1n) is 5.37. The van der Waals surface area contributed by atoms with E-state index in [0.29, 0.717) is 27.5 Å². The fourth-order valence-corrected chi connectivity index (χ4v) is 2.60. The highest BCUT2D eigenvalue weighted by Crippen LogP contribution is 2.39. The van der Waals surface area contributed by atoms with Crippen LogP contribution >= 0.6 is 31.9 Å². The van der Waals surface area contributed by atoms with Gasteiger partial charge in [-0.25, -0.2) is 4.39 Å². The predicted molar refractivity (Wildman–Crippen MR) is 76.7 cm³/mol. The summed E-state index contributed by atoms with van der Waals surface area (Å²) < 4.78 is 30.3. The molecular formula is C13H11Br2FO3. The van der Waals surface area contributed by atoms with Crippen LogP contribution in [0, 0.1) is 5.82 Å². The molecule has 0 aliphatic heterocycles. The van der Waals surface area contributed by atoms with E-state index in [4.69, 9.17) is 13.9 Å². The summed E-state index contributed by atoms with van der Waals surface area (Å²) in [7, 11) is 2.97. The van der Waals surface area contributed by atoms with Crippen molar-refractivity contribution in [3.05, 3.63) is 46.1 Å². The molecular weight excluding hydrogens is 383 g/mol. The Morgan fingerprint density at radius 1 is 1.16 bits per heavy atom. The lowest BCUT2D eigenvalue weighted by Crippen LogP contribution is -1.99. The van der Waals surface area contributed by atoms with E-state index in [1.54, 1.807) is 18.2 Å². The fourth-order valence-electron chi connectivity index (χ4n) is 1.68. The molecule has 0 bridgehead atoms. The molecule has 1 heterocycles. The first kappa shape index (κ1) is 14.4. The van der Waals surface area contributed by atoms with E-state index in [2.05, 4.69) is 31.9 Å². The molecule has 0 radical (unpaired) electrons. The molecule has 0 N–H and O–H groups in total. The average molecular weight is 394 g/mol. The Morgan fingerprint density at radius 3 is 2.32 bits per heavy atom. The van der Waals surface area contributed by atoms with Gasteiger partial charge in [-0.2, -0.15) is 0 Å². The number of ether oxygens (including phenoxy) is 2. The third-order valence-electron chi connectivity index (χ3n) is 2.62. The van der Waals surface area contributed by atoms with Gasteiger partial charge in [0.2, 0.25) is 0 Å². The van der Waals surface area contributed by atoms with Crippen molar-refractivity contribution in [3.63, 3.8) is 0 Å². The topological polar surface area (TPSA) is 31.6 Å². The van der Waals surface area contributed by atoms with Crippen LogP contribution in [0.4, 0.5) is 4.39 Å². The molecule has 0 aliphatic rings. The Bertz CT molecular complexity index is 583. The van der Waals surface area contributed by atoms with Gasteiger partial charge in [-0.05, 0) is 34.1 Å². The smallest absolute Gasteiger partial charge is 0.169 e. The van der Waals surface area contributed by atoms with Crippen LogP contribution in [0.3, 0.4) is 0 Å². The number of halogens is 3. The lowest BCUT2D eigenvalue weighted by molar-refractivity contribution is 0.351. The molecule has 0 amide bonds. The molecule has 0 aliphatic carbocycles. The molecule has 2 aromatic rings. The summed E-state index contributed by atoms with van der Waals surface area (Å²) >= 11 is 6.63. The Labute approximate surface area is 127 Å². The molecule has 0 saturated heterocycles. The summed E-state index contributed by atoms with van der Waals surface area (Å²) in [6, 6.07) is 6.40. The molecule has 2 rings (SSSR count). The summed E-state index contributed by atoms with van der Waals surface area (Å²) in [5, 5.41) is 0. The second kappa shape index (κ2) is 5.96. The molecule has 0 fully saturated rings. The second-order valence-electron chi connectivity index (χ2n) is 3.73. The Kier molecular flexibility index (Phi) is 4.52. The number of benzene rings is 1. The zero-order valence-corrected chi connectivity index (χ0v) is 13.4. The van der Waals surface area contributed by atoms with Crippen molar-refractivity contribution in [3.8, 4) is 11.5 Å². The molecule has 102 valence electrons. The molecule has 1 aromatic carbocycles.